The van der Waals surface area contributed by atoms with Gasteiger partial charge in [0.1, 0.15) is 0 Å². The highest BCUT2D eigenvalue weighted by Gasteiger charge is 2.08. The zero-order chi connectivity index (χ0) is 13.7. The Labute approximate surface area is 119 Å². The second-order valence-electron chi connectivity index (χ2n) is 3.65. The molecule has 1 aromatic carbocycles. The van der Waals surface area contributed by atoms with Gasteiger partial charge in [-0.2, -0.15) is 0 Å². The number of carbonyl (C=O) groups excluding carboxylic acids is 1. The van der Waals surface area contributed by atoms with Crippen LogP contribution in [0.5, 0.6) is 0 Å². The summed E-state index contributed by atoms with van der Waals surface area (Å²) >= 11 is 7.55. The van der Waals surface area contributed by atoms with E-state index in [1.54, 1.807) is 22.6 Å². The van der Waals surface area contributed by atoms with E-state index in [-0.39, 0.29) is 5.69 Å². The van der Waals surface area contributed by atoms with Crippen LogP contribution >= 0.6 is 23.4 Å². The number of thioether (sulfide) groups is 1. The largest absolute Gasteiger partial charge is 0.289 e. The minimum absolute atomic E-state index is 0.204. The molecule has 19 heavy (non-hydrogen) atoms. The third kappa shape index (κ3) is 3.95. The average molecular weight is 298 g/mol. The average Bonchev–Trinajstić information content (AvgIpc) is 2.87. The van der Waals surface area contributed by atoms with Gasteiger partial charge < -0.3 is 0 Å². The summed E-state index contributed by atoms with van der Waals surface area (Å²) in [6, 6.07) is 7.64. The van der Waals surface area contributed by atoms with Gasteiger partial charge in [0.25, 0.3) is 5.91 Å². The SMILES string of the molecule is NNC(=O)c1cn(CCSc2cccc(Cl)c2)nn1. The van der Waals surface area contributed by atoms with Gasteiger partial charge in [0, 0.05) is 15.7 Å². The van der Waals surface area contributed by atoms with E-state index in [9.17, 15) is 4.79 Å². The van der Waals surface area contributed by atoms with Gasteiger partial charge in [-0.25, -0.2) is 5.84 Å². The van der Waals surface area contributed by atoms with Gasteiger partial charge in [-0.15, -0.1) is 16.9 Å². The molecular weight excluding hydrogens is 286 g/mol. The Bertz CT molecular complexity index is 574. The van der Waals surface area contributed by atoms with Gasteiger partial charge in [-0.1, -0.05) is 22.9 Å². The molecule has 8 heteroatoms. The van der Waals surface area contributed by atoms with Crippen molar-refractivity contribution >= 4 is 29.3 Å². The Morgan fingerprint density at radius 3 is 3.11 bits per heavy atom. The second-order valence-corrected chi connectivity index (χ2v) is 5.25. The van der Waals surface area contributed by atoms with Crippen LogP contribution in [0.25, 0.3) is 0 Å². The first-order chi connectivity index (χ1) is 9.19. The minimum Gasteiger partial charge on any atom is -0.289 e. The van der Waals surface area contributed by atoms with Crippen molar-refractivity contribution in [3.63, 3.8) is 0 Å². The Balaban J connectivity index is 1.86. The summed E-state index contributed by atoms with van der Waals surface area (Å²) in [6.45, 7) is 0.641. The molecule has 3 N–H and O–H groups in total. The van der Waals surface area contributed by atoms with E-state index >= 15 is 0 Å². The number of aromatic nitrogens is 3. The van der Waals surface area contributed by atoms with Crippen LogP contribution in [0.15, 0.2) is 35.4 Å². The van der Waals surface area contributed by atoms with E-state index in [0.717, 1.165) is 10.6 Å². The van der Waals surface area contributed by atoms with E-state index < -0.39 is 5.91 Å². The third-order valence-corrected chi connectivity index (χ3v) is 3.50. The highest BCUT2D eigenvalue weighted by Crippen LogP contribution is 2.21. The lowest BCUT2D eigenvalue weighted by Crippen LogP contribution is -2.30. The van der Waals surface area contributed by atoms with Crippen LogP contribution in [0.2, 0.25) is 5.02 Å². The first-order valence-electron chi connectivity index (χ1n) is 5.48. The first-order valence-corrected chi connectivity index (χ1v) is 6.85. The quantitative estimate of drug-likeness (QED) is 0.376. The topological polar surface area (TPSA) is 85.8 Å². The molecule has 0 unspecified atom stereocenters. The maximum atomic E-state index is 11.2. The van der Waals surface area contributed by atoms with Crippen LogP contribution in [0, 0.1) is 0 Å². The Hall–Kier alpha value is -1.57. The fourth-order valence-electron chi connectivity index (χ4n) is 1.40. The summed E-state index contributed by atoms with van der Waals surface area (Å²) in [5.41, 5.74) is 2.21. The van der Waals surface area contributed by atoms with Gasteiger partial charge in [-0.05, 0) is 18.2 Å². The van der Waals surface area contributed by atoms with E-state index in [2.05, 4.69) is 10.3 Å². The molecule has 1 aromatic heterocycles. The van der Waals surface area contributed by atoms with Crippen LogP contribution in [-0.4, -0.2) is 26.7 Å². The van der Waals surface area contributed by atoms with Crippen LogP contribution in [0.1, 0.15) is 10.5 Å². The minimum atomic E-state index is -0.450. The molecule has 0 fully saturated rings. The van der Waals surface area contributed by atoms with E-state index in [4.69, 9.17) is 17.4 Å². The lowest BCUT2D eigenvalue weighted by atomic mass is 10.4. The van der Waals surface area contributed by atoms with Gasteiger partial charge in [0.05, 0.1) is 12.7 Å². The predicted molar refractivity (Wildman–Crippen MR) is 73.9 cm³/mol. The summed E-state index contributed by atoms with van der Waals surface area (Å²) in [5, 5.41) is 8.28. The van der Waals surface area contributed by atoms with Crippen LogP contribution in [-0.2, 0) is 6.54 Å². The van der Waals surface area contributed by atoms with Gasteiger partial charge in [0.2, 0.25) is 0 Å². The van der Waals surface area contributed by atoms with Crippen molar-refractivity contribution in [2.24, 2.45) is 5.84 Å². The highest BCUT2D eigenvalue weighted by atomic mass is 35.5. The number of nitrogen functional groups attached to an aromatic ring is 1. The van der Waals surface area contributed by atoms with Crippen molar-refractivity contribution in [3.8, 4) is 0 Å². The number of hydrogen-bond acceptors (Lipinski definition) is 5. The fraction of sp³-hybridized carbons (Fsp3) is 0.182. The van der Waals surface area contributed by atoms with Gasteiger partial charge in [-0.3, -0.25) is 14.9 Å². The fourth-order valence-corrected chi connectivity index (χ4v) is 2.55. The summed E-state index contributed by atoms with van der Waals surface area (Å²) in [5.74, 6) is 5.36. The molecule has 0 saturated heterocycles. The number of nitrogens with zero attached hydrogens (tertiary/aromatic N) is 3. The normalized spacial score (nSPS) is 10.4. The Morgan fingerprint density at radius 2 is 2.37 bits per heavy atom. The number of halogens is 1. The summed E-state index contributed by atoms with van der Waals surface area (Å²) in [7, 11) is 0. The Morgan fingerprint density at radius 1 is 1.53 bits per heavy atom. The van der Waals surface area contributed by atoms with Crippen LogP contribution in [0.3, 0.4) is 0 Å². The van der Waals surface area contributed by atoms with Crippen molar-refractivity contribution in [2.45, 2.75) is 11.4 Å². The van der Waals surface area contributed by atoms with Gasteiger partial charge in [0.15, 0.2) is 5.69 Å². The zero-order valence-corrected chi connectivity index (χ0v) is 11.5. The number of nitrogens with one attached hydrogen (secondary N) is 1. The number of hydrogen-bond donors (Lipinski definition) is 2. The van der Waals surface area contributed by atoms with Crippen molar-refractivity contribution < 1.29 is 4.79 Å². The molecule has 0 atom stereocenters. The highest BCUT2D eigenvalue weighted by molar-refractivity contribution is 7.99. The third-order valence-electron chi connectivity index (χ3n) is 2.29. The van der Waals surface area contributed by atoms with Crippen LogP contribution in [0.4, 0.5) is 0 Å². The number of benzene rings is 1. The number of rotatable bonds is 5. The van der Waals surface area contributed by atoms with Crippen LogP contribution < -0.4 is 11.3 Å². The molecule has 1 heterocycles. The Kier molecular flexibility index (Phi) is 4.78. The maximum Gasteiger partial charge on any atom is 0.287 e. The summed E-state index contributed by atoms with van der Waals surface area (Å²) < 4.78 is 1.60. The van der Waals surface area contributed by atoms with E-state index in [0.29, 0.717) is 11.6 Å². The number of amides is 1. The van der Waals surface area contributed by atoms with E-state index in [1.807, 2.05) is 29.7 Å². The maximum absolute atomic E-state index is 11.2. The van der Waals surface area contributed by atoms with Crippen molar-refractivity contribution in [2.75, 3.05) is 5.75 Å². The summed E-state index contributed by atoms with van der Waals surface area (Å²) in [4.78, 5) is 12.3. The molecule has 0 bridgehead atoms. The zero-order valence-electron chi connectivity index (χ0n) is 9.91. The molecule has 0 radical (unpaired) electrons. The molecule has 100 valence electrons. The molecular formula is C11H12ClN5OS. The van der Waals surface area contributed by atoms with E-state index in [1.165, 1.54) is 0 Å². The molecule has 1 amide bonds. The molecule has 0 aliphatic rings. The molecule has 0 saturated carbocycles. The molecule has 6 nitrogen and oxygen atoms in total. The molecule has 2 aromatic rings. The van der Waals surface area contributed by atoms with Crippen molar-refractivity contribution in [3.05, 3.63) is 41.2 Å². The lowest BCUT2D eigenvalue weighted by Gasteiger charge is -2.01. The number of carbonyl (C=O) groups is 1. The first kappa shape index (κ1) is 13.9. The summed E-state index contributed by atoms with van der Waals surface area (Å²) in [6.07, 6.45) is 1.56. The predicted octanol–water partition coefficient (Wildman–Crippen LogP) is 1.33. The number of hydrazine groups is 1. The second kappa shape index (κ2) is 6.55. The van der Waals surface area contributed by atoms with Crippen molar-refractivity contribution in [1.29, 1.82) is 0 Å². The van der Waals surface area contributed by atoms with Crippen molar-refractivity contribution in [1.82, 2.24) is 20.4 Å². The molecule has 0 aliphatic carbocycles. The molecule has 0 spiro atoms. The lowest BCUT2D eigenvalue weighted by molar-refractivity contribution is 0.0948. The molecule has 0 aliphatic heterocycles. The molecule has 2 rings (SSSR count). The monoisotopic (exact) mass is 297 g/mol. The smallest absolute Gasteiger partial charge is 0.287 e. The van der Waals surface area contributed by atoms with Gasteiger partial charge >= 0.3 is 0 Å². The standard InChI is InChI=1S/C11H12ClN5OS/c12-8-2-1-3-9(6-8)19-5-4-17-7-10(15-16-17)11(18)14-13/h1-3,6-7H,4-5,13H2,(H,14,18). The number of aryl methyl sites for hydroxylation is 1. The number of nitrogens with two attached hydrogens (primary N) is 1.